The van der Waals surface area contributed by atoms with Crippen molar-refractivity contribution in [3.63, 3.8) is 0 Å². The van der Waals surface area contributed by atoms with E-state index in [0.717, 1.165) is 70.9 Å². The molecule has 3 heterocycles. The molecular formula is C23H34ClN5O2S. The lowest BCUT2D eigenvalue weighted by Crippen LogP contribution is -2.60. The first-order valence-corrected chi connectivity index (χ1v) is 13.3. The topological polar surface area (TPSA) is 59.1 Å². The van der Waals surface area contributed by atoms with Gasteiger partial charge in [0, 0.05) is 64.1 Å². The molecule has 3 fully saturated rings. The first-order valence-electron chi connectivity index (χ1n) is 11.5. The summed E-state index contributed by atoms with van der Waals surface area (Å²) in [5.74, 6) is 0.875. The molecule has 0 aromatic heterocycles. The molecule has 1 N–H and O–H groups in total. The lowest BCUT2D eigenvalue weighted by Gasteiger charge is -2.47. The van der Waals surface area contributed by atoms with Gasteiger partial charge in [0.1, 0.15) is 0 Å². The van der Waals surface area contributed by atoms with E-state index in [1.54, 1.807) is 11.8 Å². The summed E-state index contributed by atoms with van der Waals surface area (Å²) in [6.45, 7) is 7.03. The molecule has 4 rings (SSSR count). The predicted molar refractivity (Wildman–Crippen MR) is 132 cm³/mol. The van der Waals surface area contributed by atoms with Gasteiger partial charge in [-0.15, -0.1) is 0 Å². The summed E-state index contributed by atoms with van der Waals surface area (Å²) in [6, 6.07) is 6.65. The monoisotopic (exact) mass is 479 g/mol. The van der Waals surface area contributed by atoms with Crippen molar-refractivity contribution < 1.29 is 9.59 Å². The van der Waals surface area contributed by atoms with Crippen molar-refractivity contribution in [1.29, 1.82) is 0 Å². The average molecular weight is 480 g/mol. The Kier molecular flexibility index (Phi) is 7.87. The highest BCUT2D eigenvalue weighted by atomic mass is 35.5. The maximum absolute atomic E-state index is 12.8. The number of hydrogen-bond donors (Lipinski definition) is 1. The number of anilines is 1. The number of benzene rings is 1. The molecule has 3 aliphatic rings. The van der Waals surface area contributed by atoms with Crippen LogP contribution in [0.25, 0.3) is 0 Å². The summed E-state index contributed by atoms with van der Waals surface area (Å²) in [5.41, 5.74) is 1.55. The van der Waals surface area contributed by atoms with Gasteiger partial charge in [0.2, 0.25) is 5.91 Å². The van der Waals surface area contributed by atoms with Gasteiger partial charge in [0.05, 0.1) is 22.4 Å². The molecular weight excluding hydrogens is 446 g/mol. The molecule has 0 unspecified atom stereocenters. The number of piperazine rings is 1. The third-order valence-electron chi connectivity index (χ3n) is 6.87. The SMILES string of the molecule is CSCC(=O)N1CCC(N2CC(Nc3ccc(C(=O)N4CCN(C)CC4)c(Cl)c3)C2)CC1. The Morgan fingerprint density at radius 2 is 1.75 bits per heavy atom. The lowest BCUT2D eigenvalue weighted by atomic mass is 9.97. The zero-order chi connectivity index (χ0) is 22.7. The largest absolute Gasteiger partial charge is 0.380 e. The van der Waals surface area contributed by atoms with Crippen LogP contribution in [0.15, 0.2) is 18.2 Å². The van der Waals surface area contributed by atoms with Gasteiger partial charge < -0.3 is 20.0 Å². The molecule has 0 bridgehead atoms. The molecule has 3 aliphatic heterocycles. The average Bonchev–Trinajstić information content (AvgIpc) is 2.76. The van der Waals surface area contributed by atoms with E-state index in [1.165, 1.54) is 0 Å². The molecule has 3 saturated heterocycles. The molecule has 9 heteroatoms. The zero-order valence-corrected chi connectivity index (χ0v) is 20.6. The van der Waals surface area contributed by atoms with E-state index in [2.05, 4.69) is 22.2 Å². The quantitative estimate of drug-likeness (QED) is 0.675. The Labute approximate surface area is 200 Å². The van der Waals surface area contributed by atoms with Gasteiger partial charge >= 0.3 is 0 Å². The molecule has 176 valence electrons. The van der Waals surface area contributed by atoms with E-state index >= 15 is 0 Å². The van der Waals surface area contributed by atoms with Crippen molar-refractivity contribution in [2.24, 2.45) is 0 Å². The van der Waals surface area contributed by atoms with Crippen LogP contribution >= 0.6 is 23.4 Å². The number of piperidine rings is 1. The van der Waals surface area contributed by atoms with Crippen LogP contribution in [0.5, 0.6) is 0 Å². The van der Waals surface area contributed by atoms with Crippen LogP contribution in [-0.2, 0) is 4.79 Å². The van der Waals surface area contributed by atoms with Gasteiger partial charge in [0.15, 0.2) is 0 Å². The third kappa shape index (κ3) is 5.53. The third-order valence-corrected chi connectivity index (χ3v) is 7.72. The minimum absolute atomic E-state index is 0.0202. The highest BCUT2D eigenvalue weighted by Crippen LogP contribution is 2.27. The molecule has 2 amide bonds. The number of halogens is 1. The highest BCUT2D eigenvalue weighted by molar-refractivity contribution is 7.99. The number of likely N-dealkylation sites (N-methyl/N-ethyl adjacent to an activating group) is 1. The van der Waals surface area contributed by atoms with Crippen LogP contribution in [-0.4, -0.2) is 115 Å². The van der Waals surface area contributed by atoms with Crippen molar-refractivity contribution in [2.75, 3.05) is 76.7 Å². The second kappa shape index (κ2) is 10.6. The van der Waals surface area contributed by atoms with Crippen molar-refractivity contribution in [1.82, 2.24) is 19.6 Å². The maximum atomic E-state index is 12.8. The molecule has 0 radical (unpaired) electrons. The van der Waals surface area contributed by atoms with Gasteiger partial charge in [-0.2, -0.15) is 11.8 Å². The standard InChI is InChI=1S/C23H34ClN5O2S/c1-26-9-11-28(12-10-26)23(31)20-4-3-17(13-21(20)24)25-18-14-29(15-18)19-5-7-27(8-6-19)22(30)16-32-2/h3-4,13,18-19,25H,5-12,14-16H2,1-2H3. The van der Waals surface area contributed by atoms with E-state index in [4.69, 9.17) is 11.6 Å². The first-order chi connectivity index (χ1) is 15.4. The van der Waals surface area contributed by atoms with E-state index in [9.17, 15) is 9.59 Å². The summed E-state index contributed by atoms with van der Waals surface area (Å²) >= 11 is 8.08. The number of carbonyl (C=O) groups is 2. The van der Waals surface area contributed by atoms with Crippen LogP contribution in [0, 0.1) is 0 Å². The lowest BCUT2D eigenvalue weighted by molar-refractivity contribution is -0.130. The van der Waals surface area contributed by atoms with Crippen molar-refractivity contribution in [3.05, 3.63) is 28.8 Å². The normalized spacial score (nSPS) is 21.5. The van der Waals surface area contributed by atoms with Gasteiger partial charge in [-0.3, -0.25) is 14.5 Å². The number of amides is 2. The summed E-state index contributed by atoms with van der Waals surface area (Å²) in [4.78, 5) is 33.5. The second-order valence-electron chi connectivity index (χ2n) is 9.13. The Bertz CT molecular complexity index is 819. The molecule has 32 heavy (non-hydrogen) atoms. The summed E-state index contributed by atoms with van der Waals surface area (Å²) in [7, 11) is 2.08. The zero-order valence-electron chi connectivity index (χ0n) is 19.1. The van der Waals surface area contributed by atoms with Gasteiger partial charge in [-0.05, 0) is 44.3 Å². The molecule has 1 aromatic carbocycles. The number of nitrogens with one attached hydrogen (secondary N) is 1. The molecule has 0 aliphatic carbocycles. The van der Waals surface area contributed by atoms with E-state index < -0.39 is 0 Å². The second-order valence-corrected chi connectivity index (χ2v) is 10.4. The number of nitrogens with zero attached hydrogens (tertiary/aromatic N) is 4. The van der Waals surface area contributed by atoms with Crippen molar-refractivity contribution in [3.8, 4) is 0 Å². The Morgan fingerprint density at radius 3 is 2.38 bits per heavy atom. The van der Waals surface area contributed by atoms with E-state index in [-0.39, 0.29) is 11.8 Å². The maximum Gasteiger partial charge on any atom is 0.255 e. The molecule has 7 nitrogen and oxygen atoms in total. The van der Waals surface area contributed by atoms with Crippen LogP contribution in [0.2, 0.25) is 5.02 Å². The number of rotatable bonds is 6. The van der Waals surface area contributed by atoms with Crippen molar-refractivity contribution in [2.45, 2.75) is 24.9 Å². The molecule has 0 saturated carbocycles. The number of carbonyl (C=O) groups excluding carboxylic acids is 2. The fraction of sp³-hybridized carbons (Fsp3) is 0.652. The number of thioether (sulfide) groups is 1. The van der Waals surface area contributed by atoms with Crippen molar-refractivity contribution >= 4 is 40.9 Å². The van der Waals surface area contributed by atoms with Crippen LogP contribution in [0.3, 0.4) is 0 Å². The van der Waals surface area contributed by atoms with Gasteiger partial charge in [-0.25, -0.2) is 0 Å². The molecule has 0 atom stereocenters. The smallest absolute Gasteiger partial charge is 0.255 e. The summed E-state index contributed by atoms with van der Waals surface area (Å²) in [5, 5.41) is 4.07. The number of likely N-dealkylation sites (tertiary alicyclic amines) is 2. The number of hydrogen-bond acceptors (Lipinski definition) is 6. The van der Waals surface area contributed by atoms with Gasteiger partial charge in [-0.1, -0.05) is 11.6 Å². The fourth-order valence-electron chi connectivity index (χ4n) is 4.79. The van der Waals surface area contributed by atoms with Gasteiger partial charge in [0.25, 0.3) is 5.91 Å². The minimum Gasteiger partial charge on any atom is -0.380 e. The Balaban J connectivity index is 1.23. The predicted octanol–water partition coefficient (Wildman–Crippen LogP) is 2.18. The van der Waals surface area contributed by atoms with Crippen LogP contribution in [0.4, 0.5) is 5.69 Å². The summed E-state index contributed by atoms with van der Waals surface area (Å²) in [6.07, 6.45) is 4.09. The Morgan fingerprint density at radius 1 is 1.06 bits per heavy atom. The van der Waals surface area contributed by atoms with E-state index in [1.807, 2.05) is 34.3 Å². The highest BCUT2D eigenvalue weighted by Gasteiger charge is 2.35. The first kappa shape index (κ1) is 23.7. The Hall–Kier alpha value is -1.48. The minimum atomic E-state index is 0.0202. The fourth-order valence-corrected chi connectivity index (χ4v) is 5.48. The molecule has 1 aromatic rings. The van der Waals surface area contributed by atoms with E-state index in [0.29, 0.717) is 28.4 Å². The van der Waals surface area contributed by atoms with Crippen LogP contribution in [0.1, 0.15) is 23.2 Å². The molecule has 0 spiro atoms. The van der Waals surface area contributed by atoms with Crippen LogP contribution < -0.4 is 5.32 Å². The summed E-state index contributed by atoms with van der Waals surface area (Å²) < 4.78 is 0.